The first-order chi connectivity index (χ1) is 8.61. The number of aromatic amines is 1. The molecule has 0 aliphatic heterocycles. The number of aromatic nitrogens is 2. The highest BCUT2D eigenvalue weighted by Gasteiger charge is 2.14. The third-order valence-electron chi connectivity index (χ3n) is 2.47. The number of aliphatic carboxylic acids is 1. The molecular weight excluding hydrogens is 316 g/mol. The third-order valence-corrected chi connectivity index (χ3v) is 4.06. The normalized spacial score (nSPS) is 10.6. The van der Waals surface area contributed by atoms with E-state index in [1.807, 2.05) is 30.5 Å². The number of hydrogen-bond donors (Lipinski definition) is 2. The summed E-state index contributed by atoms with van der Waals surface area (Å²) >= 11 is 5.06. The molecule has 2 aromatic rings. The Labute approximate surface area is 117 Å². The fraction of sp³-hybridized carbons (Fsp3) is 0.167. The van der Waals surface area contributed by atoms with E-state index in [2.05, 4.69) is 26.1 Å². The molecule has 2 rings (SSSR count). The lowest BCUT2D eigenvalue weighted by atomic mass is 10.1. The average molecular weight is 327 g/mol. The van der Waals surface area contributed by atoms with E-state index in [-0.39, 0.29) is 6.42 Å². The molecule has 18 heavy (non-hydrogen) atoms. The molecule has 1 heterocycles. The van der Waals surface area contributed by atoms with Gasteiger partial charge in [-0.1, -0.05) is 12.1 Å². The van der Waals surface area contributed by atoms with Crippen LogP contribution in [-0.4, -0.2) is 27.5 Å². The number of H-pyrrole nitrogens is 1. The topological polar surface area (TPSA) is 66.0 Å². The molecule has 0 radical (unpaired) electrons. The van der Waals surface area contributed by atoms with Gasteiger partial charge in [-0.3, -0.25) is 9.89 Å². The van der Waals surface area contributed by atoms with Gasteiger partial charge in [0.15, 0.2) is 0 Å². The Kier molecular flexibility index (Phi) is 4.08. The first-order valence-corrected chi connectivity index (χ1v) is 7.22. The zero-order chi connectivity index (χ0) is 13.1. The number of halogens is 1. The smallest absolute Gasteiger partial charge is 0.309 e. The van der Waals surface area contributed by atoms with Crippen molar-refractivity contribution in [3.63, 3.8) is 0 Å². The number of benzene rings is 1. The molecule has 0 atom stereocenters. The Bertz CT molecular complexity index is 566. The minimum absolute atomic E-state index is 0.0729. The van der Waals surface area contributed by atoms with E-state index in [0.717, 1.165) is 11.3 Å². The lowest BCUT2D eigenvalue weighted by molar-refractivity contribution is -0.136. The second-order valence-electron chi connectivity index (χ2n) is 3.66. The van der Waals surface area contributed by atoms with Gasteiger partial charge in [0, 0.05) is 10.5 Å². The van der Waals surface area contributed by atoms with Gasteiger partial charge in [0.1, 0.15) is 5.69 Å². The third kappa shape index (κ3) is 2.76. The molecule has 1 aromatic carbocycles. The van der Waals surface area contributed by atoms with Gasteiger partial charge in [0.2, 0.25) is 0 Å². The fourth-order valence-electron chi connectivity index (χ4n) is 1.57. The van der Waals surface area contributed by atoms with Crippen molar-refractivity contribution in [2.45, 2.75) is 11.3 Å². The van der Waals surface area contributed by atoms with Crippen molar-refractivity contribution >= 4 is 33.7 Å². The molecule has 0 saturated carbocycles. The quantitative estimate of drug-likeness (QED) is 0.847. The number of carbonyl (C=O) groups is 1. The molecule has 0 aliphatic rings. The minimum atomic E-state index is -0.886. The average Bonchev–Trinajstić information content (AvgIpc) is 2.71. The Morgan fingerprint density at radius 3 is 2.67 bits per heavy atom. The Balaban J connectivity index is 2.32. The summed E-state index contributed by atoms with van der Waals surface area (Å²) in [4.78, 5) is 11.9. The van der Waals surface area contributed by atoms with Crippen LogP contribution in [0.2, 0.25) is 0 Å². The lowest BCUT2D eigenvalue weighted by Crippen LogP contribution is -2.00. The van der Waals surface area contributed by atoms with E-state index in [0.29, 0.717) is 10.2 Å². The van der Waals surface area contributed by atoms with E-state index in [4.69, 9.17) is 5.11 Å². The number of rotatable bonds is 4. The first-order valence-electron chi connectivity index (χ1n) is 5.20. The van der Waals surface area contributed by atoms with Crippen molar-refractivity contribution in [2.24, 2.45) is 0 Å². The van der Waals surface area contributed by atoms with E-state index in [1.165, 1.54) is 4.90 Å². The van der Waals surface area contributed by atoms with Crippen LogP contribution < -0.4 is 0 Å². The van der Waals surface area contributed by atoms with Gasteiger partial charge in [-0.05, 0) is 34.3 Å². The van der Waals surface area contributed by atoms with Crippen molar-refractivity contribution in [3.8, 4) is 11.3 Å². The number of carboxylic acids is 1. The van der Waals surface area contributed by atoms with Crippen LogP contribution in [0.25, 0.3) is 11.3 Å². The summed E-state index contributed by atoms with van der Waals surface area (Å²) in [7, 11) is 0. The maximum absolute atomic E-state index is 10.7. The second-order valence-corrected chi connectivity index (χ2v) is 5.34. The van der Waals surface area contributed by atoms with Crippen LogP contribution in [-0.2, 0) is 11.2 Å². The van der Waals surface area contributed by atoms with Gasteiger partial charge in [0.25, 0.3) is 0 Å². The van der Waals surface area contributed by atoms with Crippen molar-refractivity contribution in [1.82, 2.24) is 10.2 Å². The predicted octanol–water partition coefficient (Wildman–Crippen LogP) is 3.19. The van der Waals surface area contributed by atoms with Crippen molar-refractivity contribution in [3.05, 3.63) is 34.4 Å². The Morgan fingerprint density at radius 2 is 2.11 bits per heavy atom. The van der Waals surface area contributed by atoms with Crippen LogP contribution >= 0.6 is 27.7 Å². The van der Waals surface area contributed by atoms with Crippen LogP contribution in [0.5, 0.6) is 0 Å². The molecule has 2 N–H and O–H groups in total. The molecule has 0 fully saturated rings. The molecule has 0 bridgehead atoms. The van der Waals surface area contributed by atoms with E-state index >= 15 is 0 Å². The molecular formula is C12H11BrN2O2S. The van der Waals surface area contributed by atoms with Gasteiger partial charge in [-0.25, -0.2) is 0 Å². The lowest BCUT2D eigenvalue weighted by Gasteiger charge is -2.00. The summed E-state index contributed by atoms with van der Waals surface area (Å²) in [5.74, 6) is -0.886. The van der Waals surface area contributed by atoms with Gasteiger partial charge >= 0.3 is 5.97 Å². The highest BCUT2D eigenvalue weighted by Crippen LogP contribution is 2.30. The summed E-state index contributed by atoms with van der Waals surface area (Å²) in [5.41, 5.74) is 2.26. The van der Waals surface area contributed by atoms with Crippen molar-refractivity contribution in [2.75, 3.05) is 6.26 Å². The van der Waals surface area contributed by atoms with Crippen LogP contribution in [0.3, 0.4) is 0 Å². The summed E-state index contributed by atoms with van der Waals surface area (Å²) in [6.45, 7) is 0. The first kappa shape index (κ1) is 13.2. The fourth-order valence-corrected chi connectivity index (χ4v) is 2.53. The number of nitrogens with one attached hydrogen (secondary N) is 1. The summed E-state index contributed by atoms with van der Waals surface area (Å²) in [6, 6.07) is 7.96. The molecule has 0 aliphatic carbocycles. The predicted molar refractivity (Wildman–Crippen MR) is 74.8 cm³/mol. The zero-order valence-electron chi connectivity index (χ0n) is 9.61. The molecule has 0 spiro atoms. The molecule has 0 unspecified atom stereocenters. The van der Waals surface area contributed by atoms with E-state index in [1.54, 1.807) is 11.8 Å². The largest absolute Gasteiger partial charge is 0.481 e. The highest BCUT2D eigenvalue weighted by molar-refractivity contribution is 9.10. The summed E-state index contributed by atoms with van der Waals surface area (Å²) < 4.78 is 0.710. The van der Waals surface area contributed by atoms with Crippen LogP contribution in [0.15, 0.2) is 33.6 Å². The van der Waals surface area contributed by atoms with Crippen molar-refractivity contribution < 1.29 is 9.90 Å². The molecule has 0 amide bonds. The SMILES string of the molecule is CSc1ccc(-c2n[nH]c(CC(=O)O)c2Br)cc1. The Hall–Kier alpha value is -1.27. The second kappa shape index (κ2) is 5.58. The summed E-state index contributed by atoms with van der Waals surface area (Å²) in [5, 5.41) is 15.7. The monoisotopic (exact) mass is 326 g/mol. The minimum Gasteiger partial charge on any atom is -0.481 e. The Morgan fingerprint density at radius 1 is 1.44 bits per heavy atom. The number of nitrogens with zero attached hydrogens (tertiary/aromatic N) is 1. The maximum atomic E-state index is 10.7. The van der Waals surface area contributed by atoms with Crippen LogP contribution in [0, 0.1) is 0 Å². The molecule has 1 aromatic heterocycles. The van der Waals surface area contributed by atoms with Crippen molar-refractivity contribution in [1.29, 1.82) is 0 Å². The van der Waals surface area contributed by atoms with Gasteiger partial charge in [0.05, 0.1) is 16.6 Å². The van der Waals surface area contributed by atoms with E-state index in [9.17, 15) is 4.79 Å². The molecule has 0 saturated heterocycles. The van der Waals surface area contributed by atoms with Crippen LogP contribution in [0.4, 0.5) is 0 Å². The summed E-state index contributed by atoms with van der Waals surface area (Å²) in [6.07, 6.45) is 1.95. The number of thioether (sulfide) groups is 1. The van der Waals surface area contributed by atoms with Crippen LogP contribution in [0.1, 0.15) is 5.69 Å². The van der Waals surface area contributed by atoms with Gasteiger partial charge in [-0.15, -0.1) is 11.8 Å². The van der Waals surface area contributed by atoms with Gasteiger partial charge in [-0.2, -0.15) is 5.10 Å². The maximum Gasteiger partial charge on any atom is 0.309 e. The molecule has 6 heteroatoms. The molecule has 4 nitrogen and oxygen atoms in total. The standard InChI is InChI=1S/C12H11BrN2O2S/c1-18-8-4-2-7(3-5-8)12-11(13)9(14-15-12)6-10(16)17/h2-5H,6H2,1H3,(H,14,15)(H,16,17). The molecule has 94 valence electrons. The zero-order valence-corrected chi connectivity index (χ0v) is 12.0. The highest BCUT2D eigenvalue weighted by atomic mass is 79.9. The number of carboxylic acid groups (broad SMARTS) is 1. The van der Waals surface area contributed by atoms with Gasteiger partial charge < -0.3 is 5.11 Å². The number of hydrogen-bond acceptors (Lipinski definition) is 3. The van der Waals surface area contributed by atoms with E-state index < -0.39 is 5.97 Å².